The van der Waals surface area contributed by atoms with Gasteiger partial charge in [0.1, 0.15) is 0 Å². The molecule has 2 aromatic rings. The van der Waals surface area contributed by atoms with Gasteiger partial charge in [0.05, 0.1) is 15.6 Å². The van der Waals surface area contributed by atoms with Crippen LogP contribution in [0.15, 0.2) is 47.4 Å². The minimum atomic E-state index is -3.61. The third-order valence-corrected chi connectivity index (χ3v) is 4.60. The van der Waals surface area contributed by atoms with Crippen LogP contribution in [0.25, 0.3) is 0 Å². The summed E-state index contributed by atoms with van der Waals surface area (Å²) in [5.41, 5.74) is 2.36. The number of aryl methyl sites for hydroxylation is 2. The number of halogens is 1. The predicted molar refractivity (Wildman–Crippen MR) is 78.2 cm³/mol. The highest BCUT2D eigenvalue weighted by molar-refractivity contribution is 7.92. The molecule has 0 unspecified atom stereocenters. The van der Waals surface area contributed by atoms with Crippen LogP contribution in [0.4, 0.5) is 5.69 Å². The summed E-state index contributed by atoms with van der Waals surface area (Å²) < 4.78 is 27.0. The highest BCUT2D eigenvalue weighted by Gasteiger charge is 2.15. The first kappa shape index (κ1) is 13.9. The van der Waals surface area contributed by atoms with Crippen LogP contribution in [0.1, 0.15) is 11.1 Å². The van der Waals surface area contributed by atoms with Crippen molar-refractivity contribution in [2.45, 2.75) is 18.7 Å². The molecule has 3 nitrogen and oxygen atoms in total. The van der Waals surface area contributed by atoms with Gasteiger partial charge >= 0.3 is 0 Å². The molecular formula is C14H14ClNO2S. The van der Waals surface area contributed by atoms with Gasteiger partial charge in [-0.05, 0) is 49.2 Å². The Balaban J connectivity index is 2.38. The first-order valence-corrected chi connectivity index (χ1v) is 7.61. The van der Waals surface area contributed by atoms with Crippen LogP contribution >= 0.6 is 11.6 Å². The van der Waals surface area contributed by atoms with Gasteiger partial charge in [-0.2, -0.15) is 0 Å². The molecule has 2 rings (SSSR count). The molecule has 0 fully saturated rings. The maximum atomic E-state index is 12.2. The molecule has 19 heavy (non-hydrogen) atoms. The summed E-state index contributed by atoms with van der Waals surface area (Å²) in [7, 11) is -3.61. The second-order valence-electron chi connectivity index (χ2n) is 4.33. The quantitative estimate of drug-likeness (QED) is 0.937. The Bertz CT molecular complexity index is 711. The number of benzene rings is 2. The van der Waals surface area contributed by atoms with Crippen molar-refractivity contribution in [1.29, 1.82) is 0 Å². The molecule has 0 aliphatic rings. The summed E-state index contributed by atoms with van der Waals surface area (Å²) in [4.78, 5) is 0.232. The van der Waals surface area contributed by atoms with Crippen molar-refractivity contribution in [2.75, 3.05) is 4.72 Å². The topological polar surface area (TPSA) is 46.2 Å². The second-order valence-corrected chi connectivity index (χ2v) is 6.42. The van der Waals surface area contributed by atoms with Gasteiger partial charge in [-0.3, -0.25) is 4.72 Å². The highest BCUT2D eigenvalue weighted by atomic mass is 35.5. The fraction of sp³-hybridized carbons (Fsp3) is 0.143. The first-order valence-electron chi connectivity index (χ1n) is 5.75. The third kappa shape index (κ3) is 3.08. The summed E-state index contributed by atoms with van der Waals surface area (Å²) >= 11 is 5.95. The minimum absolute atomic E-state index is 0.232. The van der Waals surface area contributed by atoms with E-state index in [1.165, 1.54) is 0 Å². The van der Waals surface area contributed by atoms with Crippen molar-refractivity contribution in [1.82, 2.24) is 0 Å². The minimum Gasteiger partial charge on any atom is -0.278 e. The molecule has 0 bridgehead atoms. The predicted octanol–water partition coefficient (Wildman–Crippen LogP) is 3.76. The van der Waals surface area contributed by atoms with Crippen LogP contribution in [-0.2, 0) is 10.0 Å². The zero-order valence-corrected chi connectivity index (χ0v) is 12.2. The molecular weight excluding hydrogens is 282 g/mol. The van der Waals surface area contributed by atoms with Gasteiger partial charge in [0.25, 0.3) is 10.0 Å². The Morgan fingerprint density at radius 1 is 1.00 bits per heavy atom. The first-order chi connectivity index (χ1) is 8.90. The third-order valence-electron chi connectivity index (χ3n) is 2.91. The van der Waals surface area contributed by atoms with Crippen molar-refractivity contribution in [2.24, 2.45) is 0 Å². The van der Waals surface area contributed by atoms with E-state index in [4.69, 9.17) is 11.6 Å². The molecule has 0 spiro atoms. The van der Waals surface area contributed by atoms with E-state index in [2.05, 4.69) is 4.72 Å². The number of anilines is 1. The van der Waals surface area contributed by atoms with E-state index in [1.54, 1.807) is 42.5 Å². The number of rotatable bonds is 3. The number of hydrogen-bond acceptors (Lipinski definition) is 2. The number of hydrogen-bond donors (Lipinski definition) is 1. The van der Waals surface area contributed by atoms with Gasteiger partial charge in [-0.1, -0.05) is 29.8 Å². The number of nitrogens with one attached hydrogen (secondary N) is 1. The lowest BCUT2D eigenvalue weighted by molar-refractivity contribution is 0.601. The van der Waals surface area contributed by atoms with Gasteiger partial charge in [-0.15, -0.1) is 0 Å². The Hall–Kier alpha value is -1.52. The van der Waals surface area contributed by atoms with Crippen LogP contribution in [0.3, 0.4) is 0 Å². The van der Waals surface area contributed by atoms with Crippen LogP contribution in [0.2, 0.25) is 5.02 Å². The molecule has 0 saturated heterocycles. The molecule has 2 aromatic carbocycles. The largest absolute Gasteiger partial charge is 0.278 e. The van der Waals surface area contributed by atoms with Crippen molar-refractivity contribution >= 4 is 27.3 Å². The lowest BCUT2D eigenvalue weighted by atomic mass is 10.1. The molecule has 0 heterocycles. The average molecular weight is 296 g/mol. The van der Waals surface area contributed by atoms with E-state index in [-0.39, 0.29) is 4.90 Å². The molecule has 0 aliphatic heterocycles. The zero-order valence-electron chi connectivity index (χ0n) is 10.6. The van der Waals surface area contributed by atoms with Crippen LogP contribution in [0, 0.1) is 13.8 Å². The van der Waals surface area contributed by atoms with Gasteiger partial charge in [0, 0.05) is 0 Å². The van der Waals surface area contributed by atoms with E-state index in [9.17, 15) is 8.42 Å². The Morgan fingerprint density at radius 3 is 2.32 bits per heavy atom. The van der Waals surface area contributed by atoms with E-state index in [1.807, 2.05) is 13.8 Å². The van der Waals surface area contributed by atoms with Crippen molar-refractivity contribution in [3.8, 4) is 0 Å². The Kier molecular flexibility index (Phi) is 3.83. The molecule has 0 aromatic heterocycles. The monoisotopic (exact) mass is 295 g/mol. The summed E-state index contributed by atoms with van der Waals surface area (Å²) in [6.45, 7) is 3.82. The lowest BCUT2D eigenvalue weighted by Gasteiger charge is -2.10. The summed E-state index contributed by atoms with van der Waals surface area (Å²) in [6, 6.07) is 11.8. The van der Waals surface area contributed by atoms with Crippen molar-refractivity contribution in [3.05, 3.63) is 58.6 Å². The Labute approximate surface area is 118 Å². The van der Waals surface area contributed by atoms with Crippen molar-refractivity contribution in [3.63, 3.8) is 0 Å². The molecule has 0 saturated carbocycles. The summed E-state index contributed by atoms with van der Waals surface area (Å²) in [5.74, 6) is 0. The molecule has 100 valence electrons. The normalized spacial score (nSPS) is 11.3. The van der Waals surface area contributed by atoms with Gasteiger partial charge < -0.3 is 0 Å². The molecule has 0 aliphatic carbocycles. The van der Waals surface area contributed by atoms with Crippen LogP contribution in [0.5, 0.6) is 0 Å². The maximum Gasteiger partial charge on any atom is 0.261 e. The molecule has 0 radical (unpaired) electrons. The van der Waals surface area contributed by atoms with E-state index in [0.29, 0.717) is 10.7 Å². The van der Waals surface area contributed by atoms with E-state index in [0.717, 1.165) is 11.1 Å². The SMILES string of the molecule is Cc1ccc(S(=O)(=O)Nc2ccccc2Cl)cc1C. The Morgan fingerprint density at radius 2 is 1.68 bits per heavy atom. The summed E-state index contributed by atoms with van der Waals surface area (Å²) in [6.07, 6.45) is 0. The highest BCUT2D eigenvalue weighted by Crippen LogP contribution is 2.24. The average Bonchev–Trinajstić information content (AvgIpc) is 2.35. The number of para-hydroxylation sites is 1. The van der Waals surface area contributed by atoms with Crippen LogP contribution in [-0.4, -0.2) is 8.42 Å². The summed E-state index contributed by atoms with van der Waals surface area (Å²) in [5, 5.41) is 0.370. The van der Waals surface area contributed by atoms with E-state index < -0.39 is 10.0 Å². The molecule has 0 amide bonds. The lowest BCUT2D eigenvalue weighted by Crippen LogP contribution is -2.13. The van der Waals surface area contributed by atoms with E-state index >= 15 is 0 Å². The van der Waals surface area contributed by atoms with Gasteiger partial charge in [0.2, 0.25) is 0 Å². The van der Waals surface area contributed by atoms with Gasteiger partial charge in [-0.25, -0.2) is 8.42 Å². The molecule has 5 heteroatoms. The van der Waals surface area contributed by atoms with Crippen molar-refractivity contribution < 1.29 is 8.42 Å². The zero-order chi connectivity index (χ0) is 14.0. The number of sulfonamides is 1. The van der Waals surface area contributed by atoms with Crippen LogP contribution < -0.4 is 4.72 Å². The fourth-order valence-electron chi connectivity index (χ4n) is 1.63. The maximum absolute atomic E-state index is 12.2. The standard InChI is InChI=1S/C14H14ClNO2S/c1-10-7-8-12(9-11(10)2)19(17,18)16-14-6-4-3-5-13(14)15/h3-9,16H,1-2H3. The molecule has 0 atom stereocenters. The van der Waals surface area contributed by atoms with Gasteiger partial charge in [0.15, 0.2) is 0 Å². The fourth-order valence-corrected chi connectivity index (χ4v) is 3.03. The second kappa shape index (κ2) is 5.23. The molecule has 1 N–H and O–H groups in total. The smallest absolute Gasteiger partial charge is 0.261 e.